The van der Waals surface area contributed by atoms with E-state index in [-0.39, 0.29) is 11.3 Å². The molecule has 244 valence electrons. The molecular weight excluding hydrogens is 695 g/mol. The van der Waals surface area contributed by atoms with Crippen LogP contribution in [0.1, 0.15) is 39.6 Å². The zero-order valence-electron chi connectivity index (χ0n) is 25.7. The van der Waals surface area contributed by atoms with Gasteiger partial charge in [-0.15, -0.1) is 0 Å². The lowest BCUT2D eigenvalue weighted by atomic mass is 9.98. The van der Waals surface area contributed by atoms with Crippen molar-refractivity contribution in [1.82, 2.24) is 9.55 Å². The number of rotatable bonds is 9. The van der Waals surface area contributed by atoms with Crippen LogP contribution in [-0.4, -0.2) is 27.4 Å². The quantitative estimate of drug-likeness (QED) is 0.0697. The Hall–Kier alpha value is -4.21. The maximum absolute atomic E-state index is 15.3. The second-order valence-electron chi connectivity index (χ2n) is 10.6. The molecule has 2 aromatic heterocycles. The number of aromatic nitrogens is 2. The van der Waals surface area contributed by atoms with Gasteiger partial charge in [0.25, 0.3) is 0 Å². The molecule has 6 rings (SSSR count). The SMILES string of the molecule is CCCSNc1ccc(F)c(C(=O)c2cn(C)c3ncc(-c4ccc(-c5ccc(Cl)cc5)cc4)cc23)c1F.O=Cc1c(Cl)cccc1Cl. The molecule has 0 saturated heterocycles. The van der Waals surface area contributed by atoms with E-state index >= 15 is 4.39 Å². The Morgan fingerprint density at radius 1 is 0.896 bits per heavy atom. The number of halogens is 5. The first-order valence-corrected chi connectivity index (χ1v) is 16.9. The number of pyridine rings is 1. The molecule has 0 aliphatic carbocycles. The van der Waals surface area contributed by atoms with Crippen LogP contribution in [0, 0.1) is 11.6 Å². The summed E-state index contributed by atoms with van der Waals surface area (Å²) in [4.78, 5) is 28.3. The highest BCUT2D eigenvalue weighted by molar-refractivity contribution is 8.00. The molecule has 0 aliphatic heterocycles. The number of aryl methyl sites for hydroxylation is 1. The number of carbonyl (C=O) groups is 2. The Balaban J connectivity index is 0.000000387. The molecule has 0 spiro atoms. The summed E-state index contributed by atoms with van der Waals surface area (Å²) in [6.07, 6.45) is 4.83. The van der Waals surface area contributed by atoms with Crippen molar-refractivity contribution in [3.63, 3.8) is 0 Å². The van der Waals surface area contributed by atoms with Crippen LogP contribution in [0.15, 0.2) is 97.3 Å². The molecule has 48 heavy (non-hydrogen) atoms. The van der Waals surface area contributed by atoms with Gasteiger partial charge < -0.3 is 9.29 Å². The first-order valence-electron chi connectivity index (χ1n) is 14.7. The van der Waals surface area contributed by atoms with Crippen LogP contribution >= 0.6 is 46.8 Å². The number of benzene rings is 4. The minimum Gasteiger partial charge on any atom is -0.335 e. The van der Waals surface area contributed by atoms with Crippen molar-refractivity contribution in [3.8, 4) is 22.3 Å². The average Bonchev–Trinajstić information content (AvgIpc) is 3.42. The summed E-state index contributed by atoms with van der Waals surface area (Å²) >= 11 is 18.5. The third kappa shape index (κ3) is 7.74. The third-order valence-corrected chi connectivity index (χ3v) is 9.27. The summed E-state index contributed by atoms with van der Waals surface area (Å²) in [5.41, 5.74) is 4.33. The van der Waals surface area contributed by atoms with Gasteiger partial charge in [0.05, 0.1) is 26.9 Å². The average molecular weight is 723 g/mol. The van der Waals surface area contributed by atoms with Gasteiger partial charge in [-0.25, -0.2) is 13.8 Å². The largest absolute Gasteiger partial charge is 0.335 e. The molecule has 0 atom stereocenters. The number of carbonyl (C=O) groups excluding carboxylic acids is 2. The Morgan fingerprint density at radius 3 is 2.08 bits per heavy atom. The second kappa shape index (κ2) is 15.8. The molecule has 0 bridgehead atoms. The maximum atomic E-state index is 15.3. The van der Waals surface area contributed by atoms with Crippen LogP contribution in [-0.2, 0) is 7.05 Å². The van der Waals surface area contributed by atoms with Crippen LogP contribution in [0.4, 0.5) is 14.5 Å². The first kappa shape index (κ1) is 35.1. The summed E-state index contributed by atoms with van der Waals surface area (Å²) in [5.74, 6) is -1.79. The molecule has 2 heterocycles. The van der Waals surface area contributed by atoms with E-state index in [9.17, 15) is 14.0 Å². The fourth-order valence-corrected chi connectivity index (χ4v) is 6.16. The van der Waals surface area contributed by atoms with Gasteiger partial charge in [-0.05, 0) is 65.6 Å². The fourth-order valence-electron chi connectivity index (χ4n) is 4.93. The predicted molar refractivity (Wildman–Crippen MR) is 195 cm³/mol. The van der Waals surface area contributed by atoms with Crippen LogP contribution in [0.25, 0.3) is 33.3 Å². The zero-order chi connectivity index (χ0) is 34.4. The number of nitrogens with one attached hydrogen (secondary N) is 1. The van der Waals surface area contributed by atoms with Crippen LogP contribution in [0.2, 0.25) is 15.1 Å². The molecule has 1 N–H and O–H groups in total. The molecule has 0 fully saturated rings. The van der Waals surface area contributed by atoms with E-state index in [0.29, 0.717) is 38.0 Å². The van der Waals surface area contributed by atoms with Gasteiger partial charge in [0.15, 0.2) is 12.1 Å². The van der Waals surface area contributed by atoms with E-state index in [1.807, 2.05) is 61.5 Å². The normalized spacial score (nSPS) is 10.8. The molecule has 6 aromatic rings. The number of aldehydes is 1. The molecule has 11 heteroatoms. The number of nitrogens with zero attached hydrogens (tertiary/aromatic N) is 2. The number of fused-ring (bicyclic) bond motifs is 1. The smallest absolute Gasteiger partial charge is 0.201 e. The molecule has 0 unspecified atom stereocenters. The van der Waals surface area contributed by atoms with Gasteiger partial charge in [-0.3, -0.25) is 9.59 Å². The van der Waals surface area contributed by atoms with E-state index in [1.54, 1.807) is 42.2 Å². The minimum absolute atomic E-state index is 0.0769. The summed E-state index contributed by atoms with van der Waals surface area (Å²) in [7, 11) is 1.75. The van der Waals surface area contributed by atoms with Crippen molar-refractivity contribution in [2.45, 2.75) is 13.3 Å². The Bertz CT molecular complexity index is 2080. The van der Waals surface area contributed by atoms with Gasteiger partial charge in [0.1, 0.15) is 11.5 Å². The van der Waals surface area contributed by atoms with E-state index in [2.05, 4.69) is 9.71 Å². The fraction of sp³-hybridized carbons (Fsp3) is 0.108. The van der Waals surface area contributed by atoms with Gasteiger partial charge in [0, 0.05) is 46.7 Å². The van der Waals surface area contributed by atoms with Gasteiger partial charge in [0.2, 0.25) is 5.78 Å². The number of anilines is 1. The standard InChI is InChI=1S/C30H24ClF2N3OS.C7H4Cl2O/c1-3-14-38-35-26-13-12-25(32)27(28(26)33)29(37)24-17-36(2)30-23(24)15-21(16-34-30)20-6-4-18(5-7-20)19-8-10-22(31)11-9-19;8-6-2-1-3-7(9)5(6)4-10/h4-13,15-17,35H,3,14H2,1-2H3;1-4H. The molecular formula is C37H28Cl3F2N3O2S. The summed E-state index contributed by atoms with van der Waals surface area (Å²) in [5, 5.41) is 1.98. The maximum Gasteiger partial charge on any atom is 0.201 e. The van der Waals surface area contributed by atoms with Crippen LogP contribution < -0.4 is 4.72 Å². The zero-order valence-corrected chi connectivity index (χ0v) is 28.8. The number of hydrogen-bond acceptors (Lipinski definition) is 5. The topological polar surface area (TPSA) is 64.0 Å². The Labute approximate surface area is 296 Å². The number of ketones is 1. The molecule has 0 amide bonds. The van der Waals surface area contributed by atoms with E-state index in [0.717, 1.165) is 40.5 Å². The summed E-state index contributed by atoms with van der Waals surface area (Å²) in [6, 6.07) is 24.7. The number of hydrogen-bond donors (Lipinski definition) is 1. The van der Waals surface area contributed by atoms with Crippen molar-refractivity contribution in [3.05, 3.63) is 141 Å². The highest BCUT2D eigenvalue weighted by Crippen LogP contribution is 2.32. The highest BCUT2D eigenvalue weighted by Gasteiger charge is 2.25. The van der Waals surface area contributed by atoms with E-state index < -0.39 is 23.0 Å². The van der Waals surface area contributed by atoms with Gasteiger partial charge in [-0.2, -0.15) is 0 Å². The van der Waals surface area contributed by atoms with Crippen molar-refractivity contribution in [1.29, 1.82) is 0 Å². The van der Waals surface area contributed by atoms with Crippen molar-refractivity contribution in [2.24, 2.45) is 7.05 Å². The molecule has 0 saturated carbocycles. The van der Waals surface area contributed by atoms with E-state index in [4.69, 9.17) is 34.8 Å². The molecule has 0 aliphatic rings. The van der Waals surface area contributed by atoms with E-state index in [1.165, 1.54) is 18.0 Å². The van der Waals surface area contributed by atoms with Crippen molar-refractivity contribution >= 4 is 75.5 Å². The lowest BCUT2D eigenvalue weighted by Gasteiger charge is -2.10. The third-order valence-electron chi connectivity index (χ3n) is 7.38. The lowest BCUT2D eigenvalue weighted by molar-refractivity contribution is 0.103. The molecule has 4 aromatic carbocycles. The molecule has 0 radical (unpaired) electrons. The Kier molecular flexibility index (Phi) is 11.5. The van der Waals surface area contributed by atoms with Gasteiger partial charge in [-0.1, -0.05) is 96.1 Å². The Morgan fingerprint density at radius 2 is 1.50 bits per heavy atom. The highest BCUT2D eigenvalue weighted by atomic mass is 35.5. The second-order valence-corrected chi connectivity index (χ2v) is 12.8. The van der Waals surface area contributed by atoms with Crippen molar-refractivity contribution < 1.29 is 18.4 Å². The monoisotopic (exact) mass is 721 g/mol. The van der Waals surface area contributed by atoms with Crippen LogP contribution in [0.5, 0.6) is 0 Å². The molecule has 5 nitrogen and oxygen atoms in total. The predicted octanol–water partition coefficient (Wildman–Crippen LogP) is 11.3. The first-order chi connectivity index (χ1) is 23.1. The van der Waals surface area contributed by atoms with Crippen LogP contribution in [0.3, 0.4) is 0 Å². The summed E-state index contributed by atoms with van der Waals surface area (Å²) < 4.78 is 34.6. The minimum atomic E-state index is -0.905. The summed E-state index contributed by atoms with van der Waals surface area (Å²) in [6.45, 7) is 2.00. The van der Waals surface area contributed by atoms with Crippen molar-refractivity contribution in [2.75, 3.05) is 10.5 Å². The lowest BCUT2D eigenvalue weighted by Crippen LogP contribution is -2.09. The van der Waals surface area contributed by atoms with Gasteiger partial charge >= 0.3 is 0 Å².